The number of hydrogen-bond donors (Lipinski definition) is 0. The molecule has 0 saturated carbocycles. The average molecular weight is 381 g/mol. The lowest BCUT2D eigenvalue weighted by Crippen LogP contribution is -2.60. The van der Waals surface area contributed by atoms with Crippen LogP contribution in [0, 0.1) is 6.92 Å². The first-order valence-electron chi connectivity index (χ1n) is 9.22. The van der Waals surface area contributed by atoms with E-state index in [4.69, 9.17) is 0 Å². The Morgan fingerprint density at radius 2 is 2.04 bits per heavy atom. The van der Waals surface area contributed by atoms with Crippen LogP contribution < -0.4 is 0 Å². The van der Waals surface area contributed by atoms with E-state index in [1.807, 2.05) is 43.8 Å². The van der Waals surface area contributed by atoms with Crippen molar-refractivity contribution in [3.8, 4) is 0 Å². The number of allylic oxidation sites excluding steroid dienone is 1. The Bertz CT molecular complexity index is 799. The Balaban J connectivity index is 1.80. The van der Waals surface area contributed by atoms with Gasteiger partial charge in [-0.1, -0.05) is 12.2 Å². The summed E-state index contributed by atoms with van der Waals surface area (Å²) >= 11 is 0. The van der Waals surface area contributed by atoms with Crippen molar-refractivity contribution in [1.82, 2.24) is 19.6 Å². The number of sulfone groups is 1. The van der Waals surface area contributed by atoms with Gasteiger partial charge in [0.2, 0.25) is 5.91 Å². The molecule has 26 heavy (non-hydrogen) atoms. The summed E-state index contributed by atoms with van der Waals surface area (Å²) in [5, 5.41) is 4.49. The maximum Gasteiger partial charge on any atom is 0.226 e. The number of aromatic nitrogens is 2. The highest BCUT2D eigenvalue weighted by Crippen LogP contribution is 2.29. The Hall–Kier alpha value is -1.67. The second-order valence-electron chi connectivity index (χ2n) is 7.14. The molecule has 3 rings (SSSR count). The van der Waals surface area contributed by atoms with Crippen LogP contribution in [0.15, 0.2) is 18.3 Å². The monoisotopic (exact) mass is 380 g/mol. The van der Waals surface area contributed by atoms with Gasteiger partial charge in [0.05, 0.1) is 23.2 Å². The lowest BCUT2D eigenvalue weighted by molar-refractivity contribution is -0.136. The Kier molecular flexibility index (Phi) is 5.53. The summed E-state index contributed by atoms with van der Waals surface area (Å²) in [6, 6.07) is -0.374. The van der Waals surface area contributed by atoms with Crippen LogP contribution in [-0.2, 0) is 27.7 Å². The average Bonchev–Trinajstić information content (AvgIpc) is 3.11. The largest absolute Gasteiger partial charge is 0.336 e. The van der Waals surface area contributed by atoms with Crippen molar-refractivity contribution >= 4 is 15.7 Å². The Morgan fingerprint density at radius 1 is 1.31 bits per heavy atom. The van der Waals surface area contributed by atoms with Gasteiger partial charge in [-0.05, 0) is 20.8 Å². The molecule has 0 aromatic carbocycles. The maximum absolute atomic E-state index is 12.5. The van der Waals surface area contributed by atoms with Crippen LogP contribution in [0.25, 0.3) is 0 Å². The molecule has 0 N–H and O–H groups in total. The van der Waals surface area contributed by atoms with Crippen molar-refractivity contribution in [3.05, 3.63) is 29.6 Å². The summed E-state index contributed by atoms with van der Waals surface area (Å²) in [4.78, 5) is 16.5. The Morgan fingerprint density at radius 3 is 2.69 bits per heavy atom. The number of piperazine rings is 1. The van der Waals surface area contributed by atoms with E-state index in [0.29, 0.717) is 26.1 Å². The first-order valence-corrected chi connectivity index (χ1v) is 11.0. The van der Waals surface area contributed by atoms with E-state index in [0.717, 1.165) is 17.8 Å². The predicted molar refractivity (Wildman–Crippen MR) is 100 cm³/mol. The molecule has 1 amide bonds. The zero-order valence-corrected chi connectivity index (χ0v) is 16.6. The van der Waals surface area contributed by atoms with Gasteiger partial charge in [0.1, 0.15) is 0 Å². The van der Waals surface area contributed by atoms with Crippen LogP contribution in [0.2, 0.25) is 0 Å². The fourth-order valence-corrected chi connectivity index (χ4v) is 5.97. The molecule has 0 unspecified atom stereocenters. The quantitative estimate of drug-likeness (QED) is 0.712. The maximum atomic E-state index is 12.5. The van der Waals surface area contributed by atoms with Gasteiger partial charge >= 0.3 is 0 Å². The van der Waals surface area contributed by atoms with Crippen molar-refractivity contribution in [2.45, 2.75) is 52.4 Å². The third-order valence-corrected chi connectivity index (χ3v) is 7.08. The molecule has 144 valence electrons. The zero-order chi connectivity index (χ0) is 18.9. The predicted octanol–water partition coefficient (Wildman–Crippen LogP) is 0.987. The zero-order valence-electron chi connectivity index (χ0n) is 15.8. The minimum Gasteiger partial charge on any atom is -0.336 e. The second kappa shape index (κ2) is 7.52. The molecule has 2 atom stereocenters. The first-order chi connectivity index (χ1) is 12.3. The Labute approximate surface area is 155 Å². The number of rotatable bonds is 5. The van der Waals surface area contributed by atoms with Crippen LogP contribution in [-0.4, -0.2) is 70.6 Å². The van der Waals surface area contributed by atoms with E-state index >= 15 is 0 Å². The summed E-state index contributed by atoms with van der Waals surface area (Å²) in [6.07, 6.45) is 6.06. The molecular weight excluding hydrogens is 352 g/mol. The highest BCUT2D eigenvalue weighted by Gasteiger charge is 2.47. The van der Waals surface area contributed by atoms with Crippen LogP contribution >= 0.6 is 0 Å². The molecule has 8 heteroatoms. The second-order valence-corrected chi connectivity index (χ2v) is 9.29. The number of aryl methyl sites for hydroxylation is 2. The van der Waals surface area contributed by atoms with Crippen molar-refractivity contribution in [2.75, 3.05) is 24.6 Å². The lowest BCUT2D eigenvalue weighted by atomic mass is 10.0. The van der Waals surface area contributed by atoms with Gasteiger partial charge in [-0.3, -0.25) is 14.4 Å². The van der Waals surface area contributed by atoms with Gasteiger partial charge in [-0.25, -0.2) is 8.42 Å². The highest BCUT2D eigenvalue weighted by atomic mass is 32.2. The molecule has 0 spiro atoms. The fraction of sp³-hybridized carbons (Fsp3) is 0.667. The molecule has 0 radical (unpaired) electrons. The van der Waals surface area contributed by atoms with E-state index < -0.39 is 9.84 Å². The van der Waals surface area contributed by atoms with E-state index in [1.165, 1.54) is 0 Å². The molecule has 2 fully saturated rings. The summed E-state index contributed by atoms with van der Waals surface area (Å²) in [5.74, 6) is 0.222. The van der Waals surface area contributed by atoms with Crippen molar-refractivity contribution in [1.29, 1.82) is 0 Å². The molecule has 7 nitrogen and oxygen atoms in total. The summed E-state index contributed by atoms with van der Waals surface area (Å²) in [7, 11) is -3.12. The third kappa shape index (κ3) is 3.86. The third-order valence-electron chi connectivity index (χ3n) is 5.38. The van der Waals surface area contributed by atoms with Crippen molar-refractivity contribution in [2.24, 2.45) is 0 Å². The topological polar surface area (TPSA) is 75.5 Å². The van der Waals surface area contributed by atoms with Crippen LogP contribution in [0.5, 0.6) is 0 Å². The number of amides is 1. The number of carbonyl (C=O) groups is 1. The lowest BCUT2D eigenvalue weighted by Gasteiger charge is -2.43. The van der Waals surface area contributed by atoms with E-state index in [-0.39, 0.29) is 29.5 Å². The molecule has 1 aromatic rings. The fourth-order valence-electron chi connectivity index (χ4n) is 3.96. The molecule has 2 aliphatic rings. The molecular formula is C18H28N4O3S. The van der Waals surface area contributed by atoms with Crippen LogP contribution in [0.1, 0.15) is 31.5 Å². The van der Waals surface area contributed by atoms with Gasteiger partial charge in [0, 0.05) is 50.4 Å². The van der Waals surface area contributed by atoms with Crippen LogP contribution in [0.4, 0.5) is 0 Å². The van der Waals surface area contributed by atoms with E-state index in [9.17, 15) is 13.2 Å². The van der Waals surface area contributed by atoms with Crippen molar-refractivity contribution in [3.63, 3.8) is 0 Å². The molecule has 2 saturated heterocycles. The highest BCUT2D eigenvalue weighted by molar-refractivity contribution is 7.91. The standard InChI is InChI=1S/C18H28N4O3S/c1-4-6-7-18(23)22-9-8-20(16-12-26(24,25)13-17(16)22)10-15-11-21(5-2)19-14(15)3/h4,6,11,16-17H,5,7-10,12-13H2,1-3H3/b6-4+/t16-,17+/m1/s1. The van der Waals surface area contributed by atoms with Gasteiger partial charge in [-0.2, -0.15) is 5.10 Å². The smallest absolute Gasteiger partial charge is 0.226 e. The van der Waals surface area contributed by atoms with E-state index in [2.05, 4.69) is 10.00 Å². The minimum atomic E-state index is -3.12. The summed E-state index contributed by atoms with van der Waals surface area (Å²) in [5.41, 5.74) is 2.11. The van der Waals surface area contributed by atoms with Crippen LogP contribution in [0.3, 0.4) is 0 Å². The molecule has 2 aliphatic heterocycles. The van der Waals surface area contributed by atoms with Gasteiger partial charge in [0.25, 0.3) is 0 Å². The van der Waals surface area contributed by atoms with Gasteiger partial charge in [0.15, 0.2) is 9.84 Å². The summed E-state index contributed by atoms with van der Waals surface area (Å²) in [6.45, 7) is 8.68. The number of hydrogen-bond acceptors (Lipinski definition) is 5. The van der Waals surface area contributed by atoms with Gasteiger partial charge in [-0.15, -0.1) is 0 Å². The minimum absolute atomic E-state index is 0.0184. The number of fused-ring (bicyclic) bond motifs is 1. The van der Waals surface area contributed by atoms with E-state index in [1.54, 1.807) is 4.90 Å². The molecule has 1 aromatic heterocycles. The number of carbonyl (C=O) groups excluding carboxylic acids is 1. The molecule has 0 aliphatic carbocycles. The molecule has 3 heterocycles. The van der Waals surface area contributed by atoms with Crippen molar-refractivity contribution < 1.29 is 13.2 Å². The molecule has 0 bridgehead atoms. The SMILES string of the molecule is C/C=C/CC(=O)N1CCN(Cc2cn(CC)nc2C)[C@@H]2CS(=O)(=O)C[C@@H]21. The summed E-state index contributed by atoms with van der Waals surface area (Å²) < 4.78 is 26.5. The van der Waals surface area contributed by atoms with Gasteiger partial charge < -0.3 is 4.90 Å². The first kappa shape index (κ1) is 19.1. The normalized spacial score (nSPS) is 25.7. The number of nitrogens with zero attached hydrogens (tertiary/aromatic N) is 4.